The van der Waals surface area contributed by atoms with E-state index in [2.05, 4.69) is 0 Å². The molecule has 0 spiro atoms. The summed E-state index contributed by atoms with van der Waals surface area (Å²) in [5, 5.41) is 0. The number of carbonyl (C=O) groups is 1. The van der Waals surface area contributed by atoms with Crippen molar-refractivity contribution in [2.75, 3.05) is 12.4 Å². The standard InChI is InChI=1S/C12H17NO2S/c1-2-15-12(14)7-8-16-11-5-3-10(9-13)4-6-11/h3-6H,2,7-9,13H2,1H3. The third-order valence-electron chi connectivity index (χ3n) is 2.04. The molecular formula is C12H17NO2S. The predicted octanol–water partition coefficient (Wildman–Crippen LogP) is 2.19. The molecule has 1 aromatic carbocycles. The molecule has 0 aliphatic heterocycles. The molecule has 1 aromatic rings. The molecule has 0 saturated heterocycles. The molecule has 0 aromatic heterocycles. The number of ether oxygens (including phenoxy) is 1. The largest absolute Gasteiger partial charge is 0.466 e. The summed E-state index contributed by atoms with van der Waals surface area (Å²) in [5.41, 5.74) is 6.63. The first-order chi connectivity index (χ1) is 7.76. The van der Waals surface area contributed by atoms with Gasteiger partial charge in [-0.2, -0.15) is 0 Å². The van der Waals surface area contributed by atoms with Gasteiger partial charge >= 0.3 is 5.97 Å². The van der Waals surface area contributed by atoms with Crippen LogP contribution in [-0.2, 0) is 16.1 Å². The molecule has 16 heavy (non-hydrogen) atoms. The van der Waals surface area contributed by atoms with Crippen LogP contribution in [0, 0.1) is 0 Å². The number of carbonyl (C=O) groups excluding carboxylic acids is 1. The molecule has 88 valence electrons. The van der Waals surface area contributed by atoms with Crippen LogP contribution in [0.2, 0.25) is 0 Å². The fourth-order valence-electron chi connectivity index (χ4n) is 1.21. The van der Waals surface area contributed by atoms with Gasteiger partial charge in [-0.25, -0.2) is 0 Å². The Morgan fingerprint density at radius 1 is 1.38 bits per heavy atom. The van der Waals surface area contributed by atoms with E-state index in [4.69, 9.17) is 10.5 Å². The third kappa shape index (κ3) is 4.68. The fourth-order valence-corrected chi connectivity index (χ4v) is 2.04. The highest BCUT2D eigenvalue weighted by Crippen LogP contribution is 2.19. The summed E-state index contributed by atoms with van der Waals surface area (Å²) in [5.74, 6) is 0.620. The summed E-state index contributed by atoms with van der Waals surface area (Å²) in [7, 11) is 0. The normalized spacial score (nSPS) is 10.1. The Kier molecular flexibility index (Phi) is 5.96. The Balaban J connectivity index is 2.29. The van der Waals surface area contributed by atoms with Crippen LogP contribution >= 0.6 is 11.8 Å². The second kappa shape index (κ2) is 7.30. The number of thioether (sulfide) groups is 1. The van der Waals surface area contributed by atoms with Gasteiger partial charge in [-0.05, 0) is 24.6 Å². The van der Waals surface area contributed by atoms with Crippen LogP contribution in [0.4, 0.5) is 0 Å². The second-order valence-electron chi connectivity index (χ2n) is 3.25. The van der Waals surface area contributed by atoms with Crippen LogP contribution in [0.3, 0.4) is 0 Å². The highest BCUT2D eigenvalue weighted by Gasteiger charge is 2.01. The summed E-state index contributed by atoms with van der Waals surface area (Å²) in [6.45, 7) is 2.83. The minimum absolute atomic E-state index is 0.131. The number of hydrogen-bond acceptors (Lipinski definition) is 4. The van der Waals surface area contributed by atoms with Gasteiger partial charge in [-0.1, -0.05) is 12.1 Å². The summed E-state index contributed by atoms with van der Waals surface area (Å²) in [4.78, 5) is 12.2. The molecule has 0 fully saturated rings. The molecule has 1 rings (SSSR count). The summed E-state index contributed by atoms with van der Waals surface area (Å²) >= 11 is 1.65. The van der Waals surface area contributed by atoms with Gasteiger partial charge in [0.15, 0.2) is 0 Å². The van der Waals surface area contributed by atoms with E-state index in [9.17, 15) is 4.79 Å². The van der Waals surface area contributed by atoms with E-state index >= 15 is 0 Å². The average Bonchev–Trinajstić information content (AvgIpc) is 2.30. The highest BCUT2D eigenvalue weighted by molar-refractivity contribution is 7.99. The van der Waals surface area contributed by atoms with Crippen LogP contribution < -0.4 is 5.73 Å². The number of hydrogen-bond donors (Lipinski definition) is 1. The molecule has 3 nitrogen and oxygen atoms in total. The zero-order valence-corrected chi connectivity index (χ0v) is 10.3. The first kappa shape index (κ1) is 13.1. The number of rotatable bonds is 6. The van der Waals surface area contributed by atoms with Gasteiger partial charge in [0.05, 0.1) is 13.0 Å². The molecule has 4 heteroatoms. The third-order valence-corrected chi connectivity index (χ3v) is 3.05. The Morgan fingerprint density at radius 3 is 2.62 bits per heavy atom. The smallest absolute Gasteiger partial charge is 0.306 e. The Labute approximate surface area is 100 Å². The molecular weight excluding hydrogens is 222 g/mol. The lowest BCUT2D eigenvalue weighted by molar-refractivity contribution is -0.142. The molecule has 0 amide bonds. The molecule has 2 N–H and O–H groups in total. The molecule has 0 aliphatic rings. The van der Waals surface area contributed by atoms with Gasteiger partial charge in [-0.15, -0.1) is 11.8 Å². The minimum Gasteiger partial charge on any atom is -0.466 e. The maximum atomic E-state index is 11.1. The summed E-state index contributed by atoms with van der Waals surface area (Å²) < 4.78 is 4.85. The maximum Gasteiger partial charge on any atom is 0.306 e. The average molecular weight is 239 g/mol. The van der Waals surface area contributed by atoms with Crippen LogP contribution in [0.1, 0.15) is 18.9 Å². The van der Waals surface area contributed by atoms with Crippen LogP contribution in [0.5, 0.6) is 0 Å². The number of nitrogens with two attached hydrogens (primary N) is 1. The lowest BCUT2D eigenvalue weighted by Gasteiger charge is -2.03. The molecule has 0 heterocycles. The van der Waals surface area contributed by atoms with Gasteiger partial charge in [0, 0.05) is 17.2 Å². The Hall–Kier alpha value is -1.00. The van der Waals surface area contributed by atoms with Crippen molar-refractivity contribution in [2.24, 2.45) is 5.73 Å². The van der Waals surface area contributed by atoms with Crippen LogP contribution in [-0.4, -0.2) is 18.3 Å². The van der Waals surface area contributed by atoms with Crippen molar-refractivity contribution in [1.82, 2.24) is 0 Å². The van der Waals surface area contributed by atoms with Crippen molar-refractivity contribution in [2.45, 2.75) is 24.8 Å². The monoisotopic (exact) mass is 239 g/mol. The molecule has 0 atom stereocenters. The Morgan fingerprint density at radius 2 is 2.06 bits per heavy atom. The van der Waals surface area contributed by atoms with Gasteiger partial charge in [0.25, 0.3) is 0 Å². The summed E-state index contributed by atoms with van der Waals surface area (Å²) in [6.07, 6.45) is 0.456. The molecule has 0 unspecified atom stereocenters. The van der Waals surface area contributed by atoms with E-state index in [1.165, 1.54) is 0 Å². The first-order valence-electron chi connectivity index (χ1n) is 5.33. The highest BCUT2D eigenvalue weighted by atomic mass is 32.2. The molecule has 0 aliphatic carbocycles. The van der Waals surface area contributed by atoms with E-state index in [-0.39, 0.29) is 5.97 Å². The predicted molar refractivity (Wildman–Crippen MR) is 66.3 cm³/mol. The van der Waals surface area contributed by atoms with E-state index < -0.39 is 0 Å². The number of esters is 1. The van der Waals surface area contributed by atoms with Gasteiger partial charge in [0.2, 0.25) is 0 Å². The lowest BCUT2D eigenvalue weighted by atomic mass is 10.2. The van der Waals surface area contributed by atoms with Crippen LogP contribution in [0.15, 0.2) is 29.2 Å². The van der Waals surface area contributed by atoms with E-state index in [1.807, 2.05) is 31.2 Å². The first-order valence-corrected chi connectivity index (χ1v) is 6.32. The van der Waals surface area contributed by atoms with Crippen molar-refractivity contribution in [3.8, 4) is 0 Å². The van der Waals surface area contributed by atoms with Gasteiger partial charge in [-0.3, -0.25) is 4.79 Å². The van der Waals surface area contributed by atoms with E-state index in [0.717, 1.165) is 16.2 Å². The zero-order chi connectivity index (χ0) is 11.8. The van der Waals surface area contributed by atoms with Crippen molar-refractivity contribution in [3.05, 3.63) is 29.8 Å². The maximum absolute atomic E-state index is 11.1. The molecule has 0 bridgehead atoms. The topological polar surface area (TPSA) is 52.3 Å². The summed E-state index contributed by atoms with van der Waals surface area (Å²) in [6, 6.07) is 8.06. The second-order valence-corrected chi connectivity index (χ2v) is 4.42. The van der Waals surface area contributed by atoms with Crippen molar-refractivity contribution >= 4 is 17.7 Å². The SMILES string of the molecule is CCOC(=O)CCSc1ccc(CN)cc1. The van der Waals surface area contributed by atoms with Crippen molar-refractivity contribution in [3.63, 3.8) is 0 Å². The number of benzene rings is 1. The Bertz CT molecular complexity index is 324. The van der Waals surface area contributed by atoms with Gasteiger partial charge < -0.3 is 10.5 Å². The van der Waals surface area contributed by atoms with E-state index in [0.29, 0.717) is 19.6 Å². The zero-order valence-electron chi connectivity index (χ0n) is 9.44. The van der Waals surface area contributed by atoms with E-state index in [1.54, 1.807) is 11.8 Å². The minimum atomic E-state index is -0.131. The van der Waals surface area contributed by atoms with Crippen LogP contribution in [0.25, 0.3) is 0 Å². The lowest BCUT2D eigenvalue weighted by Crippen LogP contribution is -2.04. The fraction of sp³-hybridized carbons (Fsp3) is 0.417. The van der Waals surface area contributed by atoms with Gasteiger partial charge in [0.1, 0.15) is 0 Å². The van der Waals surface area contributed by atoms with Crippen molar-refractivity contribution in [1.29, 1.82) is 0 Å². The quantitative estimate of drug-likeness (QED) is 0.610. The molecule has 0 saturated carbocycles. The molecule has 0 radical (unpaired) electrons. The van der Waals surface area contributed by atoms with Crippen molar-refractivity contribution < 1.29 is 9.53 Å².